The van der Waals surface area contributed by atoms with E-state index < -0.39 is 5.91 Å². The number of aromatic nitrogens is 7. The van der Waals surface area contributed by atoms with Gasteiger partial charge in [-0.25, -0.2) is 19.2 Å². The molecule has 6 aromatic rings. The van der Waals surface area contributed by atoms with E-state index in [1.807, 2.05) is 74.8 Å². The Kier molecular flexibility index (Phi) is 7.42. The molecule has 5 N–H and O–H groups in total. The lowest BCUT2D eigenvalue weighted by molar-refractivity contribution is 0.100. The van der Waals surface area contributed by atoms with Gasteiger partial charge in [0.05, 0.1) is 16.6 Å². The number of carbonyl (C=O) groups is 1. The molecule has 12 heteroatoms. The van der Waals surface area contributed by atoms with Gasteiger partial charge >= 0.3 is 0 Å². The third-order valence-electron chi connectivity index (χ3n) is 6.01. The highest BCUT2D eigenvalue weighted by Gasteiger charge is 2.15. The molecule has 0 aliphatic heterocycles. The number of hydrogen-bond donors (Lipinski definition) is 3. The summed E-state index contributed by atoms with van der Waals surface area (Å²) < 4.78 is 4.61. The number of nitrogens with zero attached hydrogens (tertiary/aromatic N) is 7. The molecule has 0 aliphatic carbocycles. The summed E-state index contributed by atoms with van der Waals surface area (Å²) >= 11 is 0. The van der Waals surface area contributed by atoms with Crippen LogP contribution in [0.4, 0.5) is 11.5 Å². The van der Waals surface area contributed by atoms with E-state index in [1.54, 1.807) is 23.1 Å². The second-order valence-electron chi connectivity index (χ2n) is 8.84. The van der Waals surface area contributed by atoms with Crippen molar-refractivity contribution in [2.75, 3.05) is 11.2 Å². The van der Waals surface area contributed by atoms with Crippen molar-refractivity contribution in [1.29, 1.82) is 0 Å². The standard InChI is InChI=1S/C22H19N5O.C7H7N5O/c1-3-20-23-19-11-7-8-16(12-13-18-14-15-26(2)24-18)21(19)22(28)27(20)25-17-9-5-4-6-10-17;8-5-4(6(9)13)7-10-2-1-3-12(7)11-5/h4-11,14-15,25H,3H2,1-2H3;1-3H,(H2,8,11)(H2,9,13). The number of rotatable bonds is 4. The van der Waals surface area contributed by atoms with E-state index in [0.717, 1.165) is 5.69 Å². The molecule has 204 valence electrons. The normalized spacial score (nSPS) is 10.5. The molecular formula is C29H26N10O2. The van der Waals surface area contributed by atoms with Gasteiger partial charge in [-0.3, -0.25) is 19.7 Å². The molecule has 0 aliphatic rings. The molecule has 2 aromatic carbocycles. The Morgan fingerprint density at radius 2 is 1.80 bits per heavy atom. The van der Waals surface area contributed by atoms with Crippen LogP contribution >= 0.6 is 0 Å². The number of primary amides is 1. The number of hydrogen-bond acceptors (Lipinski definition) is 8. The fraction of sp³-hybridized carbons (Fsp3) is 0.103. The van der Waals surface area contributed by atoms with Gasteiger partial charge in [0, 0.05) is 37.6 Å². The highest BCUT2D eigenvalue weighted by Crippen LogP contribution is 2.15. The lowest BCUT2D eigenvalue weighted by atomic mass is 10.1. The van der Waals surface area contributed by atoms with Crippen LogP contribution in [0.2, 0.25) is 0 Å². The molecule has 12 nitrogen and oxygen atoms in total. The van der Waals surface area contributed by atoms with Gasteiger partial charge in [0.1, 0.15) is 17.1 Å². The third-order valence-corrected chi connectivity index (χ3v) is 6.01. The summed E-state index contributed by atoms with van der Waals surface area (Å²) in [7, 11) is 1.84. The van der Waals surface area contributed by atoms with E-state index in [-0.39, 0.29) is 16.9 Å². The van der Waals surface area contributed by atoms with E-state index in [0.29, 0.717) is 40.1 Å². The summed E-state index contributed by atoms with van der Waals surface area (Å²) in [5.41, 5.74) is 16.9. The SMILES string of the molecule is CCc1nc2cccc(C#Cc3ccn(C)n3)c2c(=O)n1Nc1ccccc1.NC(=O)c1c(N)nn2cccnc12. The van der Waals surface area contributed by atoms with Crippen molar-refractivity contribution in [3.8, 4) is 11.8 Å². The number of nitrogens with one attached hydrogen (secondary N) is 1. The zero-order valence-electron chi connectivity index (χ0n) is 22.3. The van der Waals surface area contributed by atoms with E-state index in [1.165, 1.54) is 9.19 Å². The summed E-state index contributed by atoms with van der Waals surface area (Å²) in [6.07, 6.45) is 5.64. The average molecular weight is 547 g/mol. The molecule has 0 saturated carbocycles. The Hall–Kier alpha value is -5.96. The summed E-state index contributed by atoms with van der Waals surface area (Å²) in [6, 6.07) is 18.6. The summed E-state index contributed by atoms with van der Waals surface area (Å²) in [6.45, 7) is 1.97. The van der Waals surface area contributed by atoms with Crippen molar-refractivity contribution in [2.45, 2.75) is 13.3 Å². The molecule has 0 atom stereocenters. The molecule has 4 heterocycles. The second-order valence-corrected chi connectivity index (χ2v) is 8.84. The van der Waals surface area contributed by atoms with Crippen molar-refractivity contribution in [3.63, 3.8) is 0 Å². The van der Waals surface area contributed by atoms with E-state index >= 15 is 0 Å². The molecule has 0 saturated heterocycles. The average Bonchev–Trinajstić information content (AvgIpc) is 3.55. The predicted octanol–water partition coefficient (Wildman–Crippen LogP) is 2.38. The molecule has 1 amide bonds. The largest absolute Gasteiger partial charge is 0.381 e. The van der Waals surface area contributed by atoms with Crippen LogP contribution in [-0.4, -0.2) is 39.9 Å². The number of fused-ring (bicyclic) bond motifs is 2. The maximum atomic E-state index is 13.3. The van der Waals surface area contributed by atoms with Gasteiger partial charge in [0.25, 0.3) is 11.5 Å². The molecule has 6 rings (SSSR count). The van der Waals surface area contributed by atoms with Crippen molar-refractivity contribution in [2.24, 2.45) is 12.8 Å². The molecule has 0 bridgehead atoms. The van der Waals surface area contributed by atoms with E-state index in [4.69, 9.17) is 11.5 Å². The zero-order valence-corrected chi connectivity index (χ0v) is 22.3. The summed E-state index contributed by atoms with van der Waals surface area (Å²) in [4.78, 5) is 32.9. The van der Waals surface area contributed by atoms with Crippen molar-refractivity contribution >= 4 is 34.0 Å². The number of anilines is 2. The lowest BCUT2D eigenvalue weighted by Gasteiger charge is -2.15. The van der Waals surface area contributed by atoms with E-state index in [9.17, 15) is 9.59 Å². The van der Waals surface area contributed by atoms with E-state index in [2.05, 4.69) is 37.4 Å². The van der Waals surface area contributed by atoms with Crippen LogP contribution in [0.1, 0.15) is 34.4 Å². The maximum absolute atomic E-state index is 13.3. The monoisotopic (exact) mass is 546 g/mol. The molecule has 0 radical (unpaired) electrons. The van der Waals surface area contributed by atoms with Gasteiger partial charge in [0.2, 0.25) is 0 Å². The van der Waals surface area contributed by atoms with Crippen LogP contribution < -0.4 is 22.5 Å². The minimum atomic E-state index is -0.619. The second kappa shape index (κ2) is 11.4. The quantitative estimate of drug-likeness (QED) is 0.284. The van der Waals surface area contributed by atoms with Gasteiger partial charge in [-0.05, 0) is 42.3 Å². The smallest absolute Gasteiger partial charge is 0.281 e. The van der Waals surface area contributed by atoms with Crippen LogP contribution in [-0.2, 0) is 13.5 Å². The van der Waals surface area contributed by atoms with Gasteiger partial charge < -0.3 is 11.5 Å². The Morgan fingerprint density at radius 3 is 2.51 bits per heavy atom. The fourth-order valence-corrected chi connectivity index (χ4v) is 4.13. The van der Waals surface area contributed by atoms with Gasteiger partial charge in [-0.1, -0.05) is 37.1 Å². The van der Waals surface area contributed by atoms with Gasteiger partial charge in [-0.15, -0.1) is 5.10 Å². The van der Waals surface area contributed by atoms with Gasteiger partial charge in [-0.2, -0.15) is 5.10 Å². The van der Waals surface area contributed by atoms with Crippen LogP contribution in [0.5, 0.6) is 0 Å². The predicted molar refractivity (Wildman–Crippen MR) is 156 cm³/mol. The first-order valence-corrected chi connectivity index (χ1v) is 12.6. The number of para-hydroxylation sites is 1. The summed E-state index contributed by atoms with van der Waals surface area (Å²) in [5.74, 6) is 6.25. The Labute approximate surface area is 234 Å². The van der Waals surface area contributed by atoms with Crippen LogP contribution in [0, 0.1) is 11.8 Å². The summed E-state index contributed by atoms with van der Waals surface area (Å²) in [5, 5.41) is 8.62. The van der Waals surface area contributed by atoms with Crippen LogP contribution in [0.15, 0.2) is 84.0 Å². The number of benzene rings is 2. The highest BCUT2D eigenvalue weighted by molar-refractivity contribution is 6.03. The molecular weight excluding hydrogens is 520 g/mol. The van der Waals surface area contributed by atoms with Gasteiger partial charge in [0.15, 0.2) is 11.5 Å². The first-order valence-electron chi connectivity index (χ1n) is 12.6. The molecule has 4 aromatic heterocycles. The molecule has 0 unspecified atom stereocenters. The Morgan fingerprint density at radius 1 is 1.00 bits per heavy atom. The minimum absolute atomic E-state index is 0.103. The van der Waals surface area contributed by atoms with Crippen LogP contribution in [0.25, 0.3) is 16.6 Å². The minimum Gasteiger partial charge on any atom is -0.381 e. The topological polar surface area (TPSA) is 164 Å². The molecule has 41 heavy (non-hydrogen) atoms. The highest BCUT2D eigenvalue weighted by atomic mass is 16.1. The van der Waals surface area contributed by atoms with Crippen molar-refractivity contribution in [3.05, 3.63) is 112 Å². The number of nitrogen functional groups attached to an aromatic ring is 1. The maximum Gasteiger partial charge on any atom is 0.281 e. The third kappa shape index (κ3) is 5.59. The number of nitrogens with two attached hydrogens (primary N) is 2. The molecule has 0 spiro atoms. The number of aryl methyl sites for hydroxylation is 2. The lowest BCUT2D eigenvalue weighted by Crippen LogP contribution is -2.31. The van der Waals surface area contributed by atoms with Crippen molar-refractivity contribution in [1.82, 2.24) is 34.0 Å². The zero-order chi connectivity index (χ0) is 28.9. The first kappa shape index (κ1) is 26.6. The van der Waals surface area contributed by atoms with Crippen LogP contribution in [0.3, 0.4) is 0 Å². The Bertz CT molecular complexity index is 2000. The number of carbonyl (C=O) groups excluding carboxylic acids is 1. The molecule has 0 fully saturated rings. The fourth-order valence-electron chi connectivity index (χ4n) is 4.13. The Balaban J connectivity index is 0.000000216. The van der Waals surface area contributed by atoms with Crippen molar-refractivity contribution < 1.29 is 4.79 Å². The number of amides is 1. The first-order chi connectivity index (χ1) is 19.9.